The summed E-state index contributed by atoms with van der Waals surface area (Å²) in [6, 6.07) is 10.3. The van der Waals surface area contributed by atoms with Crippen LogP contribution in [0.3, 0.4) is 0 Å². The molecule has 1 N–H and O–H groups in total. The second-order valence-electron chi connectivity index (χ2n) is 5.07. The molecule has 1 unspecified atom stereocenters. The van der Waals surface area contributed by atoms with Gasteiger partial charge >= 0.3 is 0 Å². The Hall–Kier alpha value is -1.74. The highest BCUT2D eigenvalue weighted by molar-refractivity contribution is 5.22. The molecular formula is C17H21FN2. The van der Waals surface area contributed by atoms with Crippen LogP contribution in [-0.4, -0.2) is 11.5 Å². The maximum Gasteiger partial charge on any atom is 0.141 e. The summed E-state index contributed by atoms with van der Waals surface area (Å²) in [5, 5.41) is 3.40. The highest BCUT2D eigenvalue weighted by Crippen LogP contribution is 2.19. The summed E-state index contributed by atoms with van der Waals surface area (Å²) in [6.07, 6.45) is 4.88. The molecule has 0 spiro atoms. The van der Waals surface area contributed by atoms with Crippen molar-refractivity contribution in [2.45, 2.75) is 32.7 Å². The number of nitrogens with zero attached hydrogens (tertiary/aromatic N) is 1. The molecule has 2 aromatic rings. The summed E-state index contributed by atoms with van der Waals surface area (Å²) in [5.74, 6) is -0.277. The van der Waals surface area contributed by atoms with E-state index in [0.717, 1.165) is 24.9 Å². The Balaban J connectivity index is 2.04. The maximum absolute atomic E-state index is 13.3. The lowest BCUT2D eigenvalue weighted by Gasteiger charge is -2.18. The predicted molar refractivity (Wildman–Crippen MR) is 80.1 cm³/mol. The number of hydrogen-bond donors (Lipinski definition) is 1. The number of benzene rings is 1. The van der Waals surface area contributed by atoms with Crippen LogP contribution in [0.5, 0.6) is 0 Å². The molecule has 0 fully saturated rings. The summed E-state index contributed by atoms with van der Waals surface area (Å²) >= 11 is 0. The van der Waals surface area contributed by atoms with Crippen molar-refractivity contribution in [3.05, 3.63) is 65.2 Å². The third kappa shape index (κ3) is 4.14. The van der Waals surface area contributed by atoms with Crippen LogP contribution >= 0.6 is 0 Å². The number of halogens is 1. The second kappa shape index (κ2) is 7.15. The molecule has 1 atom stereocenters. The monoisotopic (exact) mass is 272 g/mol. The fourth-order valence-electron chi connectivity index (χ4n) is 2.32. The van der Waals surface area contributed by atoms with E-state index in [-0.39, 0.29) is 11.9 Å². The van der Waals surface area contributed by atoms with Gasteiger partial charge in [-0.2, -0.15) is 0 Å². The zero-order chi connectivity index (χ0) is 14.4. The lowest BCUT2D eigenvalue weighted by Crippen LogP contribution is -2.21. The highest BCUT2D eigenvalue weighted by Gasteiger charge is 2.11. The average molecular weight is 272 g/mol. The Morgan fingerprint density at radius 2 is 1.95 bits per heavy atom. The quantitative estimate of drug-likeness (QED) is 0.865. The third-order valence-corrected chi connectivity index (χ3v) is 3.42. The first-order valence-electron chi connectivity index (χ1n) is 7.08. The fraction of sp³-hybridized carbons (Fsp3) is 0.353. The zero-order valence-corrected chi connectivity index (χ0v) is 12.1. The van der Waals surface area contributed by atoms with Crippen molar-refractivity contribution >= 4 is 0 Å². The molecule has 0 saturated carbocycles. The molecule has 1 aromatic heterocycles. The number of hydrogen-bond acceptors (Lipinski definition) is 2. The van der Waals surface area contributed by atoms with Crippen molar-refractivity contribution in [2.75, 3.05) is 6.54 Å². The Labute approximate surface area is 120 Å². The molecule has 20 heavy (non-hydrogen) atoms. The van der Waals surface area contributed by atoms with Crippen molar-refractivity contribution in [2.24, 2.45) is 0 Å². The summed E-state index contributed by atoms with van der Waals surface area (Å²) in [7, 11) is 0. The van der Waals surface area contributed by atoms with Gasteiger partial charge in [0.1, 0.15) is 5.82 Å². The maximum atomic E-state index is 13.3. The van der Waals surface area contributed by atoms with Gasteiger partial charge < -0.3 is 5.32 Å². The van der Waals surface area contributed by atoms with Crippen molar-refractivity contribution in [3.63, 3.8) is 0 Å². The topological polar surface area (TPSA) is 24.9 Å². The van der Waals surface area contributed by atoms with Crippen molar-refractivity contribution in [1.29, 1.82) is 0 Å². The van der Waals surface area contributed by atoms with Crippen LogP contribution in [0.15, 0.2) is 42.7 Å². The normalized spacial score (nSPS) is 12.3. The van der Waals surface area contributed by atoms with E-state index < -0.39 is 0 Å². The summed E-state index contributed by atoms with van der Waals surface area (Å²) < 4.78 is 13.3. The first-order valence-corrected chi connectivity index (χ1v) is 7.08. The van der Waals surface area contributed by atoms with Gasteiger partial charge in [-0.25, -0.2) is 4.39 Å². The first kappa shape index (κ1) is 14.7. The van der Waals surface area contributed by atoms with Crippen LogP contribution in [0.2, 0.25) is 0 Å². The summed E-state index contributed by atoms with van der Waals surface area (Å²) in [6.45, 7) is 5.00. The summed E-state index contributed by atoms with van der Waals surface area (Å²) in [5.41, 5.74) is 3.49. The van der Waals surface area contributed by atoms with Gasteiger partial charge in [-0.15, -0.1) is 0 Å². The standard InChI is InChI=1S/C17H21FN2/c1-3-20-17(15-10-16(18)12-19-11-15)9-8-14-6-4-13(2)5-7-14/h4-7,10-12,17,20H,3,8-9H2,1-2H3. The molecule has 0 aliphatic carbocycles. The van der Waals surface area contributed by atoms with E-state index in [2.05, 4.69) is 48.4 Å². The molecule has 0 radical (unpaired) electrons. The lowest BCUT2D eigenvalue weighted by molar-refractivity contribution is 0.508. The zero-order valence-electron chi connectivity index (χ0n) is 12.1. The number of pyridine rings is 1. The molecule has 0 saturated heterocycles. The fourth-order valence-corrected chi connectivity index (χ4v) is 2.32. The Kier molecular flexibility index (Phi) is 5.24. The molecule has 0 amide bonds. The van der Waals surface area contributed by atoms with Crippen molar-refractivity contribution in [3.8, 4) is 0 Å². The van der Waals surface area contributed by atoms with E-state index in [1.54, 1.807) is 12.3 Å². The van der Waals surface area contributed by atoms with Gasteiger partial charge in [0.05, 0.1) is 6.20 Å². The second-order valence-corrected chi connectivity index (χ2v) is 5.07. The average Bonchev–Trinajstić information content (AvgIpc) is 2.45. The largest absolute Gasteiger partial charge is 0.310 e. The molecular weight excluding hydrogens is 251 g/mol. The van der Waals surface area contributed by atoms with Gasteiger partial charge in [0.2, 0.25) is 0 Å². The molecule has 0 bridgehead atoms. The molecule has 0 aliphatic heterocycles. The molecule has 2 rings (SSSR count). The molecule has 1 heterocycles. The van der Waals surface area contributed by atoms with Gasteiger partial charge in [-0.3, -0.25) is 4.98 Å². The minimum absolute atomic E-state index is 0.143. The Bertz CT molecular complexity index is 537. The van der Waals surface area contributed by atoms with E-state index in [0.29, 0.717) is 0 Å². The number of aromatic nitrogens is 1. The first-order chi connectivity index (χ1) is 9.69. The van der Waals surface area contributed by atoms with Crippen LogP contribution in [0.1, 0.15) is 36.1 Å². The van der Waals surface area contributed by atoms with E-state index in [1.165, 1.54) is 17.3 Å². The van der Waals surface area contributed by atoms with Gasteiger partial charge in [0.25, 0.3) is 0 Å². The predicted octanol–water partition coefficient (Wildman–Crippen LogP) is 3.81. The van der Waals surface area contributed by atoms with E-state index in [9.17, 15) is 4.39 Å². The van der Waals surface area contributed by atoms with Crippen LogP contribution in [0.4, 0.5) is 4.39 Å². The van der Waals surface area contributed by atoms with Crippen LogP contribution in [0, 0.1) is 12.7 Å². The highest BCUT2D eigenvalue weighted by atomic mass is 19.1. The number of aryl methyl sites for hydroxylation is 2. The van der Waals surface area contributed by atoms with Gasteiger partial charge in [-0.05, 0) is 43.5 Å². The molecule has 3 heteroatoms. The van der Waals surface area contributed by atoms with Gasteiger partial charge in [0.15, 0.2) is 0 Å². The van der Waals surface area contributed by atoms with Crippen LogP contribution < -0.4 is 5.32 Å². The third-order valence-electron chi connectivity index (χ3n) is 3.42. The Morgan fingerprint density at radius 1 is 1.20 bits per heavy atom. The molecule has 1 aromatic carbocycles. The minimum Gasteiger partial charge on any atom is -0.310 e. The smallest absolute Gasteiger partial charge is 0.141 e. The summed E-state index contributed by atoms with van der Waals surface area (Å²) in [4.78, 5) is 3.94. The van der Waals surface area contributed by atoms with Gasteiger partial charge in [-0.1, -0.05) is 36.8 Å². The van der Waals surface area contributed by atoms with Crippen molar-refractivity contribution in [1.82, 2.24) is 10.3 Å². The van der Waals surface area contributed by atoms with Crippen LogP contribution in [0.25, 0.3) is 0 Å². The van der Waals surface area contributed by atoms with Crippen molar-refractivity contribution < 1.29 is 4.39 Å². The number of rotatable bonds is 6. The van der Waals surface area contributed by atoms with E-state index in [1.807, 2.05) is 0 Å². The Morgan fingerprint density at radius 3 is 2.60 bits per heavy atom. The lowest BCUT2D eigenvalue weighted by atomic mass is 9.99. The van der Waals surface area contributed by atoms with E-state index in [4.69, 9.17) is 0 Å². The molecule has 2 nitrogen and oxygen atoms in total. The van der Waals surface area contributed by atoms with E-state index >= 15 is 0 Å². The molecule has 0 aliphatic rings. The number of nitrogens with one attached hydrogen (secondary N) is 1. The van der Waals surface area contributed by atoms with Gasteiger partial charge in [0, 0.05) is 12.2 Å². The minimum atomic E-state index is -0.277. The molecule has 106 valence electrons. The SMILES string of the molecule is CCNC(CCc1ccc(C)cc1)c1cncc(F)c1. The van der Waals surface area contributed by atoms with Crippen LogP contribution in [-0.2, 0) is 6.42 Å².